The number of nitrogens with zero attached hydrogens (tertiary/aromatic N) is 1. The predicted molar refractivity (Wildman–Crippen MR) is 108 cm³/mol. The van der Waals surface area contributed by atoms with Crippen LogP contribution in [0.5, 0.6) is 11.5 Å². The van der Waals surface area contributed by atoms with Crippen molar-refractivity contribution < 1.29 is 14.3 Å². The monoisotopic (exact) mass is 374 g/mol. The molecule has 0 radical (unpaired) electrons. The summed E-state index contributed by atoms with van der Waals surface area (Å²) < 4.78 is 5.76. The van der Waals surface area contributed by atoms with Gasteiger partial charge in [0.1, 0.15) is 11.5 Å². The van der Waals surface area contributed by atoms with E-state index in [1.54, 1.807) is 29.2 Å². The van der Waals surface area contributed by atoms with E-state index >= 15 is 0 Å². The number of para-hydroxylation sites is 1. The van der Waals surface area contributed by atoms with Crippen molar-refractivity contribution in [3.63, 3.8) is 0 Å². The predicted octanol–water partition coefficient (Wildman–Crippen LogP) is 4.00. The Hall–Kier alpha value is -3.60. The van der Waals surface area contributed by atoms with Crippen LogP contribution in [0.3, 0.4) is 0 Å². The number of primary amides is 1. The van der Waals surface area contributed by atoms with Crippen molar-refractivity contribution in [2.24, 2.45) is 5.73 Å². The number of carbonyl (C=O) groups is 2. The summed E-state index contributed by atoms with van der Waals surface area (Å²) in [6, 6.07) is 26.1. The van der Waals surface area contributed by atoms with E-state index in [1.807, 2.05) is 60.7 Å². The third-order valence-corrected chi connectivity index (χ3v) is 4.21. The number of benzene rings is 3. The number of hydrogen-bond acceptors (Lipinski definition) is 3. The van der Waals surface area contributed by atoms with Gasteiger partial charge in [-0.15, -0.1) is 0 Å². The van der Waals surface area contributed by atoms with Crippen LogP contribution < -0.4 is 10.5 Å². The molecule has 0 bridgehead atoms. The van der Waals surface area contributed by atoms with Crippen LogP contribution in [0.1, 0.15) is 22.3 Å². The molecule has 0 aromatic heterocycles. The highest BCUT2D eigenvalue weighted by atomic mass is 16.5. The number of rotatable bonds is 8. The molecule has 0 aliphatic heterocycles. The number of carbonyl (C=O) groups excluding carboxylic acids is 2. The van der Waals surface area contributed by atoms with Gasteiger partial charge in [0.05, 0.1) is 0 Å². The van der Waals surface area contributed by atoms with E-state index in [-0.39, 0.29) is 18.9 Å². The van der Waals surface area contributed by atoms with Gasteiger partial charge in [0.25, 0.3) is 5.91 Å². The Bertz CT molecular complexity index is 910. The number of hydrogen-bond donors (Lipinski definition) is 1. The fourth-order valence-corrected chi connectivity index (χ4v) is 2.77. The molecule has 0 atom stereocenters. The minimum Gasteiger partial charge on any atom is -0.457 e. The molecule has 5 heteroatoms. The minimum absolute atomic E-state index is 0.119. The van der Waals surface area contributed by atoms with Crippen LogP contribution in [0.4, 0.5) is 0 Å². The van der Waals surface area contributed by atoms with Crippen LogP contribution in [-0.4, -0.2) is 23.3 Å². The zero-order valence-electron chi connectivity index (χ0n) is 15.5. The van der Waals surface area contributed by atoms with E-state index in [1.165, 1.54) is 0 Å². The van der Waals surface area contributed by atoms with E-state index in [2.05, 4.69) is 0 Å². The average molecular weight is 374 g/mol. The summed E-state index contributed by atoms with van der Waals surface area (Å²) >= 11 is 0. The highest BCUT2D eigenvalue weighted by molar-refractivity contribution is 5.94. The summed E-state index contributed by atoms with van der Waals surface area (Å²) in [7, 11) is 0. The lowest BCUT2D eigenvalue weighted by molar-refractivity contribution is -0.118. The molecule has 0 unspecified atom stereocenters. The molecule has 0 spiro atoms. The zero-order chi connectivity index (χ0) is 19.8. The maximum atomic E-state index is 13.0. The van der Waals surface area contributed by atoms with Gasteiger partial charge in [-0.2, -0.15) is 0 Å². The first-order chi connectivity index (χ1) is 13.6. The van der Waals surface area contributed by atoms with Gasteiger partial charge in [0, 0.05) is 25.1 Å². The Morgan fingerprint density at radius 2 is 1.36 bits per heavy atom. The molecule has 3 aromatic rings. The summed E-state index contributed by atoms with van der Waals surface area (Å²) in [5.74, 6) is 0.789. The molecule has 0 aliphatic rings. The van der Waals surface area contributed by atoms with E-state index in [0.717, 1.165) is 11.3 Å². The lowest BCUT2D eigenvalue weighted by atomic mass is 10.1. The van der Waals surface area contributed by atoms with E-state index in [0.29, 0.717) is 17.9 Å². The van der Waals surface area contributed by atoms with Crippen molar-refractivity contribution in [2.75, 3.05) is 6.54 Å². The first-order valence-corrected chi connectivity index (χ1v) is 9.06. The first-order valence-electron chi connectivity index (χ1n) is 9.06. The molecule has 0 fully saturated rings. The Morgan fingerprint density at radius 1 is 0.786 bits per heavy atom. The molecule has 5 nitrogen and oxygen atoms in total. The Morgan fingerprint density at radius 3 is 1.96 bits per heavy atom. The first kappa shape index (κ1) is 19.2. The van der Waals surface area contributed by atoms with Crippen LogP contribution in [0, 0.1) is 0 Å². The normalized spacial score (nSPS) is 10.3. The summed E-state index contributed by atoms with van der Waals surface area (Å²) in [4.78, 5) is 25.8. The molecular formula is C23H22N2O3. The van der Waals surface area contributed by atoms with Crippen molar-refractivity contribution in [3.8, 4) is 11.5 Å². The van der Waals surface area contributed by atoms with Gasteiger partial charge in [0.15, 0.2) is 0 Å². The standard InChI is InChI=1S/C23H22N2O3/c24-22(26)15-16-25(17-18-7-3-1-4-8-18)23(27)19-11-13-21(14-12-19)28-20-9-5-2-6-10-20/h1-14H,15-17H2,(H2,24,26). The molecule has 0 heterocycles. The number of ether oxygens (including phenoxy) is 1. The van der Waals surface area contributed by atoms with Gasteiger partial charge in [0.2, 0.25) is 5.91 Å². The summed E-state index contributed by atoms with van der Waals surface area (Å²) in [6.07, 6.45) is 0.119. The summed E-state index contributed by atoms with van der Waals surface area (Å²) in [5, 5.41) is 0. The van der Waals surface area contributed by atoms with E-state index < -0.39 is 5.91 Å². The molecule has 2 amide bonds. The van der Waals surface area contributed by atoms with Crippen LogP contribution in [0.25, 0.3) is 0 Å². The van der Waals surface area contributed by atoms with Gasteiger partial charge < -0.3 is 15.4 Å². The van der Waals surface area contributed by atoms with Crippen LogP contribution in [-0.2, 0) is 11.3 Å². The second-order valence-corrected chi connectivity index (χ2v) is 6.37. The van der Waals surface area contributed by atoms with Gasteiger partial charge in [-0.05, 0) is 42.0 Å². The highest BCUT2D eigenvalue weighted by Gasteiger charge is 2.17. The van der Waals surface area contributed by atoms with Gasteiger partial charge in [-0.1, -0.05) is 48.5 Å². The van der Waals surface area contributed by atoms with E-state index in [4.69, 9.17) is 10.5 Å². The molecule has 3 aromatic carbocycles. The van der Waals surface area contributed by atoms with Crippen molar-refractivity contribution in [1.29, 1.82) is 0 Å². The summed E-state index contributed by atoms with van der Waals surface area (Å²) in [6.45, 7) is 0.681. The average Bonchev–Trinajstić information content (AvgIpc) is 2.72. The van der Waals surface area contributed by atoms with E-state index in [9.17, 15) is 9.59 Å². The quantitative estimate of drug-likeness (QED) is 0.648. The maximum Gasteiger partial charge on any atom is 0.254 e. The van der Waals surface area contributed by atoms with Gasteiger partial charge in [-0.25, -0.2) is 0 Å². The Balaban J connectivity index is 1.72. The SMILES string of the molecule is NC(=O)CCN(Cc1ccccc1)C(=O)c1ccc(Oc2ccccc2)cc1. The zero-order valence-corrected chi connectivity index (χ0v) is 15.5. The van der Waals surface area contributed by atoms with Crippen molar-refractivity contribution in [3.05, 3.63) is 96.1 Å². The lowest BCUT2D eigenvalue weighted by Gasteiger charge is -2.22. The smallest absolute Gasteiger partial charge is 0.254 e. The van der Waals surface area contributed by atoms with Crippen molar-refractivity contribution in [2.45, 2.75) is 13.0 Å². The largest absolute Gasteiger partial charge is 0.457 e. The maximum absolute atomic E-state index is 13.0. The number of amides is 2. The highest BCUT2D eigenvalue weighted by Crippen LogP contribution is 2.22. The molecule has 28 heavy (non-hydrogen) atoms. The topological polar surface area (TPSA) is 72.6 Å². The van der Waals surface area contributed by atoms with Crippen LogP contribution >= 0.6 is 0 Å². The molecule has 142 valence electrons. The second kappa shape index (κ2) is 9.37. The third kappa shape index (κ3) is 5.45. The fourth-order valence-electron chi connectivity index (χ4n) is 2.77. The number of nitrogens with two attached hydrogens (primary N) is 1. The molecule has 3 rings (SSSR count). The molecule has 0 aliphatic carbocycles. The lowest BCUT2D eigenvalue weighted by Crippen LogP contribution is -2.33. The Labute approximate surface area is 164 Å². The second-order valence-electron chi connectivity index (χ2n) is 6.37. The minimum atomic E-state index is -0.433. The molecule has 0 saturated carbocycles. The molecular weight excluding hydrogens is 352 g/mol. The van der Waals surface area contributed by atoms with Gasteiger partial charge >= 0.3 is 0 Å². The fraction of sp³-hybridized carbons (Fsp3) is 0.130. The third-order valence-electron chi connectivity index (χ3n) is 4.21. The van der Waals surface area contributed by atoms with Crippen molar-refractivity contribution >= 4 is 11.8 Å². The van der Waals surface area contributed by atoms with Crippen molar-refractivity contribution in [1.82, 2.24) is 4.90 Å². The Kier molecular flexibility index (Phi) is 6.41. The molecule has 0 saturated heterocycles. The van der Waals surface area contributed by atoms with Crippen LogP contribution in [0.15, 0.2) is 84.9 Å². The summed E-state index contributed by atoms with van der Waals surface area (Å²) in [5.41, 5.74) is 6.79. The van der Waals surface area contributed by atoms with Gasteiger partial charge in [-0.3, -0.25) is 9.59 Å². The molecule has 2 N–H and O–H groups in total. The van der Waals surface area contributed by atoms with Crippen LogP contribution in [0.2, 0.25) is 0 Å².